The molecule has 0 radical (unpaired) electrons. The van der Waals surface area contributed by atoms with E-state index >= 15 is 0 Å². The highest BCUT2D eigenvalue weighted by Crippen LogP contribution is 2.36. The zero-order valence-electron chi connectivity index (χ0n) is 17.3. The molecule has 0 saturated carbocycles. The van der Waals surface area contributed by atoms with Gasteiger partial charge in [-0.25, -0.2) is 4.39 Å². The Bertz CT molecular complexity index is 1170. The average molecular weight is 495 g/mol. The summed E-state index contributed by atoms with van der Waals surface area (Å²) in [6, 6.07) is 20.5. The molecule has 0 fully saturated rings. The van der Waals surface area contributed by atoms with Crippen LogP contribution in [0.25, 0.3) is 11.6 Å². The minimum Gasteiger partial charge on any atom is -0.490 e. The summed E-state index contributed by atoms with van der Waals surface area (Å²) in [5.41, 5.74) is 1.65. The fourth-order valence-electron chi connectivity index (χ4n) is 2.91. The van der Waals surface area contributed by atoms with Crippen molar-refractivity contribution in [2.45, 2.75) is 6.92 Å². The number of rotatable bonds is 8. The summed E-state index contributed by atoms with van der Waals surface area (Å²) >= 11 is 3.46. The van der Waals surface area contributed by atoms with Gasteiger partial charge in [0.05, 0.1) is 18.2 Å². The van der Waals surface area contributed by atoms with Crippen molar-refractivity contribution in [2.24, 2.45) is 0 Å². The van der Waals surface area contributed by atoms with Crippen molar-refractivity contribution >= 4 is 39.2 Å². The summed E-state index contributed by atoms with van der Waals surface area (Å²) in [7, 11) is 0. The molecule has 0 atom stereocenters. The van der Waals surface area contributed by atoms with Gasteiger partial charge in [0, 0.05) is 15.7 Å². The predicted molar refractivity (Wildman–Crippen MR) is 126 cm³/mol. The molecule has 0 aliphatic rings. The van der Waals surface area contributed by atoms with Gasteiger partial charge < -0.3 is 14.8 Å². The van der Waals surface area contributed by atoms with Gasteiger partial charge >= 0.3 is 0 Å². The molecule has 0 spiro atoms. The number of benzene rings is 3. The lowest BCUT2D eigenvalue weighted by Gasteiger charge is -2.14. The number of ether oxygens (including phenoxy) is 2. The Morgan fingerprint density at radius 1 is 1.09 bits per heavy atom. The van der Waals surface area contributed by atoms with E-state index in [-0.39, 0.29) is 23.7 Å². The van der Waals surface area contributed by atoms with E-state index in [1.165, 1.54) is 6.07 Å². The van der Waals surface area contributed by atoms with E-state index in [1.807, 2.05) is 31.2 Å². The van der Waals surface area contributed by atoms with Crippen molar-refractivity contribution in [2.75, 3.05) is 18.5 Å². The van der Waals surface area contributed by atoms with Crippen LogP contribution in [0.1, 0.15) is 18.1 Å². The van der Waals surface area contributed by atoms with Gasteiger partial charge in [0.2, 0.25) is 0 Å². The second-order valence-electron chi connectivity index (χ2n) is 6.61. The number of anilines is 1. The molecule has 0 aliphatic carbocycles. The number of carbonyl (C=O) groups is 1. The van der Waals surface area contributed by atoms with Crippen LogP contribution in [0.5, 0.6) is 11.5 Å². The van der Waals surface area contributed by atoms with Gasteiger partial charge in [0.1, 0.15) is 5.82 Å². The Balaban J connectivity index is 1.83. The molecular weight excluding hydrogens is 475 g/mol. The Kier molecular flexibility index (Phi) is 8.01. The number of allylic oxidation sites excluding steroid dienone is 1. The van der Waals surface area contributed by atoms with Crippen LogP contribution >= 0.6 is 15.9 Å². The van der Waals surface area contributed by atoms with Crippen LogP contribution in [0.3, 0.4) is 0 Å². The molecule has 1 N–H and O–H groups in total. The van der Waals surface area contributed by atoms with Crippen molar-refractivity contribution in [3.63, 3.8) is 0 Å². The molecule has 0 aromatic heterocycles. The fourth-order valence-corrected chi connectivity index (χ4v) is 3.35. The lowest BCUT2D eigenvalue weighted by atomic mass is 10.0. The maximum absolute atomic E-state index is 14.1. The van der Waals surface area contributed by atoms with E-state index in [9.17, 15) is 14.4 Å². The van der Waals surface area contributed by atoms with Gasteiger partial charge in [0.25, 0.3) is 5.91 Å². The van der Waals surface area contributed by atoms with Gasteiger partial charge in [-0.05, 0) is 48.9 Å². The van der Waals surface area contributed by atoms with Gasteiger partial charge in [-0.2, -0.15) is 5.26 Å². The predicted octanol–water partition coefficient (Wildman–Crippen LogP) is 6.07. The van der Waals surface area contributed by atoms with Crippen LogP contribution in [-0.4, -0.2) is 19.1 Å². The van der Waals surface area contributed by atoms with Gasteiger partial charge in [-0.15, -0.1) is 0 Å². The molecule has 3 aromatic carbocycles. The first-order valence-corrected chi connectivity index (χ1v) is 10.6. The summed E-state index contributed by atoms with van der Waals surface area (Å²) in [5.74, 6) is -0.0281. The zero-order valence-corrected chi connectivity index (χ0v) is 18.9. The summed E-state index contributed by atoms with van der Waals surface area (Å²) in [5, 5.41) is 12.3. The highest BCUT2D eigenvalue weighted by molar-refractivity contribution is 9.10. The average Bonchev–Trinajstić information content (AvgIpc) is 2.79. The molecule has 0 aliphatic heterocycles. The molecular formula is C25H20BrFN2O3. The quantitative estimate of drug-likeness (QED) is 0.304. The number of para-hydroxylation sites is 1. The molecule has 162 valence electrons. The number of carbonyl (C=O) groups excluding carboxylic acids is 1. The van der Waals surface area contributed by atoms with Crippen LogP contribution in [0.15, 0.2) is 71.2 Å². The Hall–Kier alpha value is -3.63. The van der Waals surface area contributed by atoms with Crippen LogP contribution in [-0.2, 0) is 4.79 Å². The van der Waals surface area contributed by atoms with Crippen LogP contribution in [0.2, 0.25) is 0 Å². The van der Waals surface area contributed by atoms with Crippen molar-refractivity contribution in [1.29, 1.82) is 5.26 Å². The molecule has 5 nitrogen and oxygen atoms in total. The summed E-state index contributed by atoms with van der Waals surface area (Å²) in [6.45, 7) is 1.98. The summed E-state index contributed by atoms with van der Waals surface area (Å²) in [4.78, 5) is 12.2. The molecule has 7 heteroatoms. The highest BCUT2D eigenvalue weighted by atomic mass is 79.9. The topological polar surface area (TPSA) is 71.3 Å². The van der Waals surface area contributed by atoms with Crippen molar-refractivity contribution in [3.8, 4) is 17.6 Å². The monoisotopic (exact) mass is 494 g/mol. The number of nitrogens with zero attached hydrogens (tertiary/aromatic N) is 1. The Morgan fingerprint density at radius 3 is 2.47 bits per heavy atom. The maximum Gasteiger partial charge on any atom is 0.262 e. The van der Waals surface area contributed by atoms with Gasteiger partial charge in [-0.3, -0.25) is 4.79 Å². The smallest absolute Gasteiger partial charge is 0.262 e. The normalized spacial score (nSPS) is 10.9. The third-order valence-electron chi connectivity index (χ3n) is 4.36. The molecule has 0 saturated heterocycles. The first kappa shape index (κ1) is 23.0. The summed E-state index contributed by atoms with van der Waals surface area (Å²) < 4.78 is 26.1. The fraction of sp³-hybridized carbons (Fsp3) is 0.120. The minimum atomic E-state index is -0.481. The highest BCUT2D eigenvalue weighted by Gasteiger charge is 2.14. The molecule has 3 aromatic rings. The van der Waals surface area contributed by atoms with Crippen molar-refractivity contribution in [3.05, 3.63) is 88.1 Å². The molecule has 0 unspecified atom stereocenters. The van der Waals surface area contributed by atoms with Gasteiger partial charge in [-0.1, -0.05) is 52.3 Å². The van der Waals surface area contributed by atoms with Crippen LogP contribution < -0.4 is 14.8 Å². The number of amides is 1. The molecule has 0 bridgehead atoms. The van der Waals surface area contributed by atoms with Crippen LogP contribution in [0, 0.1) is 17.1 Å². The maximum atomic E-state index is 14.1. The third-order valence-corrected chi connectivity index (χ3v) is 5.05. The van der Waals surface area contributed by atoms with Crippen LogP contribution in [0.4, 0.5) is 10.1 Å². The van der Waals surface area contributed by atoms with E-state index in [0.29, 0.717) is 33.8 Å². The van der Waals surface area contributed by atoms with E-state index in [1.54, 1.807) is 48.5 Å². The molecule has 0 heterocycles. The molecule has 3 rings (SSSR count). The number of hydrogen-bond donors (Lipinski definition) is 1. The Morgan fingerprint density at radius 2 is 1.78 bits per heavy atom. The Labute approximate surface area is 194 Å². The SMILES string of the molecule is CCOc1cc(C=C(C#N)c2ccccc2F)c(Br)cc1OCC(=O)Nc1ccccc1. The van der Waals surface area contributed by atoms with Crippen molar-refractivity contribution < 1.29 is 18.7 Å². The lowest BCUT2D eigenvalue weighted by Crippen LogP contribution is -2.20. The van der Waals surface area contributed by atoms with E-state index < -0.39 is 5.82 Å². The van der Waals surface area contributed by atoms with E-state index in [0.717, 1.165) is 0 Å². The van der Waals surface area contributed by atoms with E-state index in [2.05, 4.69) is 21.2 Å². The third kappa shape index (κ3) is 5.96. The first-order chi connectivity index (χ1) is 15.5. The number of nitriles is 1. The van der Waals surface area contributed by atoms with Gasteiger partial charge in [0.15, 0.2) is 18.1 Å². The molecule has 1 amide bonds. The molecule has 32 heavy (non-hydrogen) atoms. The number of hydrogen-bond acceptors (Lipinski definition) is 4. The second kappa shape index (κ2) is 11.1. The van der Waals surface area contributed by atoms with Crippen molar-refractivity contribution in [1.82, 2.24) is 0 Å². The number of halogens is 2. The lowest BCUT2D eigenvalue weighted by molar-refractivity contribution is -0.118. The number of nitrogens with one attached hydrogen (secondary N) is 1. The van der Waals surface area contributed by atoms with E-state index in [4.69, 9.17) is 9.47 Å². The summed E-state index contributed by atoms with van der Waals surface area (Å²) in [6.07, 6.45) is 1.57. The largest absolute Gasteiger partial charge is 0.490 e. The second-order valence-corrected chi connectivity index (χ2v) is 7.46. The standard InChI is InChI=1S/C25H20BrFN2O3/c1-2-31-23-13-17(12-18(15-28)20-10-6-7-11-22(20)27)21(26)14-24(23)32-16-25(30)29-19-8-4-3-5-9-19/h3-14H,2,16H2,1H3,(H,29,30). The minimum absolute atomic E-state index is 0.169. The first-order valence-electron chi connectivity index (χ1n) is 9.82. The zero-order chi connectivity index (χ0) is 22.9.